The number of anilines is 1. The maximum absolute atomic E-state index is 12.1. The van der Waals surface area contributed by atoms with Crippen molar-refractivity contribution in [1.29, 1.82) is 0 Å². The van der Waals surface area contributed by atoms with Crippen LogP contribution in [0.15, 0.2) is 10.9 Å². The Kier molecular flexibility index (Phi) is 2.32. The zero-order valence-corrected chi connectivity index (χ0v) is 6.53. The summed E-state index contributed by atoms with van der Waals surface area (Å²) in [7, 11) is 0. The van der Waals surface area contributed by atoms with E-state index in [1.54, 1.807) is 0 Å². The second-order valence-corrected chi connectivity index (χ2v) is 2.50. The number of aromatic amines is 1. The van der Waals surface area contributed by atoms with Crippen LogP contribution in [0.1, 0.15) is 12.0 Å². The summed E-state index contributed by atoms with van der Waals surface area (Å²) in [6, 6.07) is 0.867. The maximum atomic E-state index is 12.1. The van der Waals surface area contributed by atoms with Crippen LogP contribution in [0.5, 0.6) is 0 Å². The Morgan fingerprint density at radius 3 is 2.67 bits per heavy atom. The Morgan fingerprint density at radius 2 is 2.17 bits per heavy atom. The van der Waals surface area contributed by atoms with Gasteiger partial charge >= 0.3 is 0 Å². The van der Waals surface area contributed by atoms with E-state index in [1.165, 1.54) is 0 Å². The van der Waals surface area contributed by atoms with E-state index in [0.717, 1.165) is 6.07 Å². The van der Waals surface area contributed by atoms with Gasteiger partial charge in [-0.2, -0.15) is 0 Å². The number of nitrogens with one attached hydrogen (secondary N) is 1. The molecule has 0 saturated carbocycles. The highest BCUT2D eigenvalue weighted by atomic mass is 35.5. The van der Waals surface area contributed by atoms with Crippen molar-refractivity contribution in [3.63, 3.8) is 0 Å². The number of alkyl halides is 2. The zero-order chi connectivity index (χ0) is 9.30. The highest BCUT2D eigenvalue weighted by Crippen LogP contribution is 2.24. The smallest absolute Gasteiger partial charge is 0.272 e. The molecule has 0 bridgehead atoms. The van der Waals surface area contributed by atoms with Gasteiger partial charge in [0.15, 0.2) is 0 Å². The lowest BCUT2D eigenvalue weighted by Gasteiger charge is -2.02. The average Bonchev–Trinajstić information content (AvgIpc) is 1.96. The van der Waals surface area contributed by atoms with Gasteiger partial charge in [-0.25, -0.2) is 8.78 Å². The molecule has 0 saturated heterocycles. The molecule has 12 heavy (non-hydrogen) atoms. The number of hydrogen-bond donors (Lipinski definition) is 2. The molecule has 0 fully saturated rings. The average molecular weight is 195 g/mol. The van der Waals surface area contributed by atoms with Gasteiger partial charge in [-0.05, 0) is 6.07 Å². The molecule has 0 aliphatic rings. The predicted molar refractivity (Wildman–Crippen MR) is 41.4 cm³/mol. The minimum Gasteiger partial charge on any atom is -0.394 e. The fourth-order valence-electron chi connectivity index (χ4n) is 0.699. The van der Waals surface area contributed by atoms with Gasteiger partial charge in [-0.1, -0.05) is 11.6 Å². The molecule has 0 aliphatic carbocycles. The number of nitrogens with two attached hydrogens (primary N) is 1. The van der Waals surface area contributed by atoms with E-state index in [2.05, 4.69) is 0 Å². The van der Waals surface area contributed by atoms with Crippen LogP contribution in [0.3, 0.4) is 0 Å². The largest absolute Gasteiger partial charge is 0.394 e. The molecule has 1 heterocycles. The summed E-state index contributed by atoms with van der Waals surface area (Å²) in [4.78, 5) is 12.7. The molecule has 0 radical (unpaired) electrons. The number of halogens is 3. The lowest BCUT2D eigenvalue weighted by Crippen LogP contribution is -2.12. The fourth-order valence-corrected chi connectivity index (χ4v) is 0.922. The Labute approximate surface area is 71.2 Å². The molecule has 0 spiro atoms. The third kappa shape index (κ3) is 1.55. The lowest BCUT2D eigenvalue weighted by molar-refractivity contribution is 0.151. The molecule has 66 valence electrons. The first-order valence-electron chi connectivity index (χ1n) is 2.98. The first-order chi connectivity index (χ1) is 5.52. The normalized spacial score (nSPS) is 10.7. The van der Waals surface area contributed by atoms with Crippen molar-refractivity contribution in [2.75, 3.05) is 5.73 Å². The van der Waals surface area contributed by atoms with E-state index < -0.39 is 17.5 Å². The highest BCUT2D eigenvalue weighted by Gasteiger charge is 2.13. The molecule has 3 N–H and O–H groups in total. The topological polar surface area (TPSA) is 58.9 Å². The fraction of sp³-hybridized carbons (Fsp3) is 0.167. The number of H-pyrrole nitrogens is 1. The van der Waals surface area contributed by atoms with Crippen molar-refractivity contribution in [3.05, 3.63) is 27.1 Å². The van der Waals surface area contributed by atoms with E-state index in [0.29, 0.717) is 0 Å². The molecule has 1 rings (SSSR count). The standard InChI is InChI=1S/C6H5ClF2N2O/c7-4-2(5(8)9)1-3(10)6(12)11-4/h1,5H,10H2,(H,11,12). The Bertz CT molecular complexity index is 350. The van der Waals surface area contributed by atoms with Gasteiger partial charge in [0.05, 0.1) is 11.3 Å². The molecule has 0 atom stereocenters. The van der Waals surface area contributed by atoms with Crippen LogP contribution in [0.2, 0.25) is 5.15 Å². The number of hydrogen-bond acceptors (Lipinski definition) is 2. The van der Waals surface area contributed by atoms with E-state index in [9.17, 15) is 13.6 Å². The van der Waals surface area contributed by atoms with Crippen LogP contribution in [0, 0.1) is 0 Å². The Morgan fingerprint density at radius 1 is 1.58 bits per heavy atom. The Balaban J connectivity index is 3.33. The van der Waals surface area contributed by atoms with Gasteiger partial charge in [-0.3, -0.25) is 4.79 Å². The van der Waals surface area contributed by atoms with Crippen molar-refractivity contribution >= 4 is 17.3 Å². The van der Waals surface area contributed by atoms with E-state index in [1.807, 2.05) is 4.98 Å². The summed E-state index contributed by atoms with van der Waals surface area (Å²) in [6.07, 6.45) is -2.74. The first kappa shape index (κ1) is 8.99. The van der Waals surface area contributed by atoms with Crippen molar-refractivity contribution in [3.8, 4) is 0 Å². The van der Waals surface area contributed by atoms with E-state index in [-0.39, 0.29) is 10.8 Å². The second-order valence-electron chi connectivity index (χ2n) is 2.12. The summed E-state index contributed by atoms with van der Waals surface area (Å²) < 4.78 is 24.2. The Hall–Kier alpha value is -1.10. The van der Waals surface area contributed by atoms with Crippen LogP contribution in [0.25, 0.3) is 0 Å². The number of rotatable bonds is 1. The van der Waals surface area contributed by atoms with Gasteiger partial charge in [0, 0.05) is 0 Å². The lowest BCUT2D eigenvalue weighted by atomic mass is 10.3. The van der Waals surface area contributed by atoms with Crippen molar-refractivity contribution in [2.45, 2.75) is 6.43 Å². The van der Waals surface area contributed by atoms with Crippen molar-refractivity contribution < 1.29 is 8.78 Å². The number of aromatic nitrogens is 1. The van der Waals surface area contributed by atoms with Crippen LogP contribution < -0.4 is 11.3 Å². The third-order valence-corrected chi connectivity index (χ3v) is 1.60. The molecule has 0 unspecified atom stereocenters. The van der Waals surface area contributed by atoms with Gasteiger partial charge < -0.3 is 10.7 Å². The van der Waals surface area contributed by atoms with Crippen LogP contribution >= 0.6 is 11.6 Å². The van der Waals surface area contributed by atoms with Gasteiger partial charge in [0.25, 0.3) is 12.0 Å². The van der Waals surface area contributed by atoms with Gasteiger partial charge in [-0.15, -0.1) is 0 Å². The molecule has 0 amide bonds. The summed E-state index contributed by atoms with van der Waals surface area (Å²) >= 11 is 5.31. The summed E-state index contributed by atoms with van der Waals surface area (Å²) in [5.41, 5.74) is 3.70. The van der Waals surface area contributed by atoms with Crippen molar-refractivity contribution in [1.82, 2.24) is 4.98 Å². The van der Waals surface area contributed by atoms with Crippen LogP contribution in [-0.4, -0.2) is 4.98 Å². The molecule has 1 aromatic rings. The molecule has 6 heteroatoms. The highest BCUT2D eigenvalue weighted by molar-refractivity contribution is 6.30. The second kappa shape index (κ2) is 3.10. The number of nitrogen functional groups attached to an aromatic ring is 1. The molecule has 3 nitrogen and oxygen atoms in total. The minimum atomic E-state index is -2.74. The molecule has 1 aromatic heterocycles. The molecular formula is C6H5ClF2N2O. The summed E-state index contributed by atoms with van der Waals surface area (Å²) in [6.45, 7) is 0. The first-order valence-corrected chi connectivity index (χ1v) is 3.36. The quantitative estimate of drug-likeness (QED) is 0.667. The summed E-state index contributed by atoms with van der Waals surface area (Å²) in [5.74, 6) is 0. The van der Waals surface area contributed by atoms with Crippen molar-refractivity contribution in [2.24, 2.45) is 0 Å². The predicted octanol–water partition coefficient (Wildman–Crippen LogP) is 1.55. The van der Waals surface area contributed by atoms with Crippen LogP contribution in [0.4, 0.5) is 14.5 Å². The molecular weight excluding hydrogens is 190 g/mol. The maximum Gasteiger partial charge on any atom is 0.272 e. The SMILES string of the molecule is Nc1cc(C(F)F)c(Cl)[nH]c1=O. The minimum absolute atomic E-state index is 0.269. The van der Waals surface area contributed by atoms with Gasteiger partial charge in [0.1, 0.15) is 5.15 Å². The van der Waals surface area contributed by atoms with Gasteiger partial charge in [0.2, 0.25) is 0 Å². The molecule has 0 aromatic carbocycles. The van der Waals surface area contributed by atoms with E-state index in [4.69, 9.17) is 17.3 Å². The van der Waals surface area contributed by atoms with E-state index >= 15 is 0 Å². The monoisotopic (exact) mass is 194 g/mol. The summed E-state index contributed by atoms with van der Waals surface area (Å²) in [5, 5.41) is -0.371. The van der Waals surface area contributed by atoms with Crippen LogP contribution in [-0.2, 0) is 0 Å². The third-order valence-electron chi connectivity index (χ3n) is 1.29. The number of pyridine rings is 1. The molecule has 0 aliphatic heterocycles. The zero-order valence-electron chi connectivity index (χ0n) is 5.77.